The molecular weight excluding hydrogens is 346 g/mol. The van der Waals surface area contributed by atoms with E-state index in [1.807, 2.05) is 18.2 Å². The van der Waals surface area contributed by atoms with Gasteiger partial charge in [-0.15, -0.1) is 0 Å². The number of nitrogens with zero attached hydrogens (tertiary/aromatic N) is 2. The highest BCUT2D eigenvalue weighted by Crippen LogP contribution is 2.17. The maximum Gasteiger partial charge on any atom is 0.337 e. The van der Waals surface area contributed by atoms with Gasteiger partial charge in [-0.2, -0.15) is 0 Å². The molecule has 1 aromatic heterocycles. The first kappa shape index (κ1) is 18.8. The van der Waals surface area contributed by atoms with Crippen LogP contribution in [-0.2, 0) is 16.0 Å². The molecule has 0 radical (unpaired) electrons. The van der Waals surface area contributed by atoms with Crippen molar-refractivity contribution in [2.45, 2.75) is 25.5 Å². The van der Waals surface area contributed by atoms with Crippen molar-refractivity contribution in [3.63, 3.8) is 0 Å². The number of anilines is 1. The topological polar surface area (TPSA) is 80.8 Å². The molecule has 0 aliphatic carbocycles. The zero-order valence-corrected chi connectivity index (χ0v) is 15.3. The minimum Gasteiger partial charge on any atom is -0.465 e. The molecule has 2 aromatic rings. The van der Waals surface area contributed by atoms with Gasteiger partial charge >= 0.3 is 12.0 Å². The highest BCUT2D eigenvalue weighted by molar-refractivity contribution is 5.93. The zero-order valence-electron chi connectivity index (χ0n) is 15.3. The number of carbonyl (C=O) groups excluding carboxylic acids is 2. The molecule has 1 atom stereocenters. The second-order valence-electron chi connectivity index (χ2n) is 6.34. The van der Waals surface area contributed by atoms with Crippen LogP contribution in [0.5, 0.6) is 0 Å². The molecular formula is C20H23N3O4. The molecule has 2 heterocycles. The predicted octanol–water partition coefficient (Wildman–Crippen LogP) is 3.08. The van der Waals surface area contributed by atoms with Crippen molar-refractivity contribution in [1.29, 1.82) is 0 Å². The summed E-state index contributed by atoms with van der Waals surface area (Å²) in [4.78, 5) is 30.5. The van der Waals surface area contributed by atoms with Crippen LogP contribution in [0.3, 0.4) is 0 Å². The normalized spacial score (nSPS) is 16.0. The first-order chi connectivity index (χ1) is 13.2. The SMILES string of the molecule is COC(=O)c1cccc(NC(=O)N(Cc2ccccn2)C[C@H]2CCCO2)c1. The van der Waals surface area contributed by atoms with Crippen molar-refractivity contribution in [3.8, 4) is 0 Å². The highest BCUT2D eigenvalue weighted by atomic mass is 16.5. The molecule has 0 spiro atoms. The Labute approximate surface area is 158 Å². The Kier molecular flexibility index (Phi) is 6.38. The van der Waals surface area contributed by atoms with Gasteiger partial charge in [0.2, 0.25) is 0 Å². The Morgan fingerprint density at radius 1 is 1.30 bits per heavy atom. The van der Waals surface area contributed by atoms with Crippen molar-refractivity contribution >= 4 is 17.7 Å². The standard InChI is InChI=1S/C20H23N3O4/c1-26-19(24)15-6-4-8-16(12-15)22-20(25)23(14-18-9-5-11-27-18)13-17-7-2-3-10-21-17/h2-4,6-8,10,12,18H,5,9,11,13-14H2,1H3,(H,22,25)/t18-/m1/s1. The number of ether oxygens (including phenoxy) is 2. The lowest BCUT2D eigenvalue weighted by atomic mass is 10.2. The maximum absolute atomic E-state index is 12.9. The van der Waals surface area contributed by atoms with E-state index in [1.165, 1.54) is 7.11 Å². The molecule has 1 saturated heterocycles. The zero-order chi connectivity index (χ0) is 19.1. The second kappa shape index (κ2) is 9.14. The molecule has 1 N–H and O–H groups in total. The summed E-state index contributed by atoms with van der Waals surface area (Å²) < 4.78 is 10.4. The molecule has 1 aliphatic heterocycles. The van der Waals surface area contributed by atoms with Gasteiger partial charge in [-0.1, -0.05) is 12.1 Å². The molecule has 0 unspecified atom stereocenters. The first-order valence-electron chi connectivity index (χ1n) is 8.91. The number of hydrogen-bond donors (Lipinski definition) is 1. The van der Waals surface area contributed by atoms with Gasteiger partial charge in [0, 0.05) is 25.0 Å². The maximum atomic E-state index is 12.9. The largest absolute Gasteiger partial charge is 0.465 e. The number of rotatable bonds is 6. The Morgan fingerprint density at radius 2 is 2.19 bits per heavy atom. The van der Waals surface area contributed by atoms with Crippen molar-refractivity contribution in [3.05, 3.63) is 59.9 Å². The van der Waals surface area contributed by atoms with Gasteiger partial charge in [0.25, 0.3) is 0 Å². The van der Waals surface area contributed by atoms with Gasteiger partial charge in [-0.05, 0) is 43.2 Å². The number of urea groups is 1. The van der Waals surface area contributed by atoms with E-state index in [0.29, 0.717) is 24.3 Å². The summed E-state index contributed by atoms with van der Waals surface area (Å²) in [5, 5.41) is 2.85. The third kappa shape index (κ3) is 5.27. The summed E-state index contributed by atoms with van der Waals surface area (Å²) in [5.74, 6) is -0.448. The lowest BCUT2D eigenvalue weighted by molar-refractivity contribution is 0.0600. The predicted molar refractivity (Wildman–Crippen MR) is 100 cm³/mol. The van der Waals surface area contributed by atoms with Crippen LogP contribution in [-0.4, -0.2) is 48.2 Å². The van der Waals surface area contributed by atoms with E-state index in [0.717, 1.165) is 25.1 Å². The van der Waals surface area contributed by atoms with Gasteiger partial charge in [0.05, 0.1) is 31.0 Å². The molecule has 7 nitrogen and oxygen atoms in total. The highest BCUT2D eigenvalue weighted by Gasteiger charge is 2.23. The number of methoxy groups -OCH3 is 1. The van der Waals surface area contributed by atoms with Crippen LogP contribution < -0.4 is 5.32 Å². The van der Waals surface area contributed by atoms with Crippen LogP contribution in [0.1, 0.15) is 28.9 Å². The van der Waals surface area contributed by atoms with E-state index in [1.54, 1.807) is 35.4 Å². The van der Waals surface area contributed by atoms with Crippen LogP contribution in [0, 0.1) is 0 Å². The molecule has 27 heavy (non-hydrogen) atoms. The van der Waals surface area contributed by atoms with Crippen molar-refractivity contribution in [2.75, 3.05) is 25.6 Å². The van der Waals surface area contributed by atoms with Crippen molar-refractivity contribution < 1.29 is 19.1 Å². The molecule has 142 valence electrons. The van der Waals surface area contributed by atoms with E-state index in [4.69, 9.17) is 9.47 Å². The smallest absolute Gasteiger partial charge is 0.337 e. The van der Waals surface area contributed by atoms with E-state index in [2.05, 4.69) is 10.3 Å². The monoisotopic (exact) mass is 369 g/mol. The first-order valence-corrected chi connectivity index (χ1v) is 8.91. The number of carbonyl (C=O) groups is 2. The summed E-state index contributed by atoms with van der Waals surface area (Å²) >= 11 is 0. The number of aromatic nitrogens is 1. The lowest BCUT2D eigenvalue weighted by Gasteiger charge is -2.25. The minimum absolute atomic E-state index is 0.0286. The lowest BCUT2D eigenvalue weighted by Crippen LogP contribution is -2.39. The number of pyridine rings is 1. The summed E-state index contributed by atoms with van der Waals surface area (Å²) in [6.45, 7) is 1.59. The van der Waals surface area contributed by atoms with Gasteiger partial charge in [0.1, 0.15) is 0 Å². The molecule has 2 amide bonds. The Bertz CT molecular complexity index is 776. The number of nitrogens with one attached hydrogen (secondary N) is 1. The molecule has 1 fully saturated rings. The molecule has 7 heteroatoms. The Morgan fingerprint density at radius 3 is 2.89 bits per heavy atom. The number of esters is 1. The van der Waals surface area contributed by atoms with Gasteiger partial charge in [0.15, 0.2) is 0 Å². The van der Waals surface area contributed by atoms with Gasteiger partial charge in [-0.3, -0.25) is 4.98 Å². The third-order valence-electron chi connectivity index (χ3n) is 4.35. The molecule has 3 rings (SSSR count). The number of hydrogen-bond acceptors (Lipinski definition) is 5. The minimum atomic E-state index is -0.448. The fourth-order valence-electron chi connectivity index (χ4n) is 2.98. The average Bonchev–Trinajstić information content (AvgIpc) is 3.21. The molecule has 0 bridgehead atoms. The molecule has 1 aromatic carbocycles. The van der Waals surface area contributed by atoms with E-state index in [9.17, 15) is 9.59 Å². The van der Waals surface area contributed by atoms with Gasteiger partial charge in [-0.25, -0.2) is 9.59 Å². The average molecular weight is 369 g/mol. The molecule has 1 aliphatic rings. The second-order valence-corrected chi connectivity index (χ2v) is 6.34. The fourth-order valence-corrected chi connectivity index (χ4v) is 2.98. The number of benzene rings is 1. The molecule has 0 saturated carbocycles. The Hall–Kier alpha value is -2.93. The fraction of sp³-hybridized carbons (Fsp3) is 0.350. The van der Waals surface area contributed by atoms with Gasteiger partial charge < -0.3 is 19.7 Å². The van der Waals surface area contributed by atoms with E-state index >= 15 is 0 Å². The summed E-state index contributed by atoms with van der Waals surface area (Å²) in [6.07, 6.45) is 3.67. The number of amides is 2. The quantitative estimate of drug-likeness (QED) is 0.792. The van der Waals surface area contributed by atoms with Crippen LogP contribution in [0.25, 0.3) is 0 Å². The van der Waals surface area contributed by atoms with Crippen LogP contribution in [0.15, 0.2) is 48.7 Å². The van der Waals surface area contributed by atoms with Crippen LogP contribution in [0.4, 0.5) is 10.5 Å². The van der Waals surface area contributed by atoms with Crippen molar-refractivity contribution in [2.24, 2.45) is 0 Å². The van der Waals surface area contributed by atoms with Crippen LogP contribution in [0.2, 0.25) is 0 Å². The summed E-state index contributed by atoms with van der Waals surface area (Å²) in [7, 11) is 1.32. The van der Waals surface area contributed by atoms with Crippen LogP contribution >= 0.6 is 0 Å². The Balaban J connectivity index is 1.72. The van der Waals surface area contributed by atoms with E-state index in [-0.39, 0.29) is 12.1 Å². The van der Waals surface area contributed by atoms with Crippen molar-refractivity contribution in [1.82, 2.24) is 9.88 Å². The summed E-state index contributed by atoms with van der Waals surface area (Å²) in [5.41, 5.74) is 1.71. The van der Waals surface area contributed by atoms with E-state index < -0.39 is 5.97 Å². The summed E-state index contributed by atoms with van der Waals surface area (Å²) in [6, 6.07) is 12.0. The third-order valence-corrected chi connectivity index (χ3v) is 4.35.